The lowest BCUT2D eigenvalue weighted by atomic mass is 9.84. The van der Waals surface area contributed by atoms with Gasteiger partial charge in [0, 0.05) is 24.0 Å². The van der Waals surface area contributed by atoms with Crippen molar-refractivity contribution >= 4 is 17.1 Å². The van der Waals surface area contributed by atoms with Crippen LogP contribution < -0.4 is 0 Å². The summed E-state index contributed by atoms with van der Waals surface area (Å²) in [6, 6.07) is 2.63. The molecule has 0 amide bonds. The molecular weight excluding hydrogens is 282 g/mol. The molecule has 2 aliphatic rings. The number of thiophene rings is 1. The van der Waals surface area contributed by atoms with Crippen LogP contribution in [0.15, 0.2) is 11.4 Å². The van der Waals surface area contributed by atoms with Crippen molar-refractivity contribution in [3.05, 3.63) is 21.9 Å². The minimum absolute atomic E-state index is 0.0462. The van der Waals surface area contributed by atoms with Crippen molar-refractivity contribution in [3.8, 4) is 0 Å². The summed E-state index contributed by atoms with van der Waals surface area (Å²) >= 11 is 1.86. The van der Waals surface area contributed by atoms with Crippen molar-refractivity contribution in [3.63, 3.8) is 0 Å². The zero-order valence-electron chi connectivity index (χ0n) is 13.6. The molecule has 2 atom stereocenters. The van der Waals surface area contributed by atoms with E-state index in [4.69, 9.17) is 4.74 Å². The molecule has 3 rings (SSSR count). The monoisotopic (exact) mass is 307 g/mol. The van der Waals surface area contributed by atoms with E-state index in [1.807, 2.05) is 25.2 Å². The van der Waals surface area contributed by atoms with Crippen LogP contribution in [0.25, 0.3) is 0 Å². The standard InChI is InChI=1S/C17H25NO2S/c1-11-12-7-9-21-14(12)6-8-18(11)10-13-15(19)17(4,5)20-16(13,2)3/h7,9,11,13H,6,8,10H2,1-5H3. The van der Waals surface area contributed by atoms with E-state index in [0.29, 0.717) is 6.04 Å². The van der Waals surface area contributed by atoms with Crippen LogP contribution in [0.5, 0.6) is 0 Å². The Hall–Kier alpha value is -0.710. The molecule has 4 heteroatoms. The molecule has 3 nitrogen and oxygen atoms in total. The molecule has 1 saturated heterocycles. The van der Waals surface area contributed by atoms with Gasteiger partial charge in [-0.2, -0.15) is 0 Å². The molecule has 0 aromatic carbocycles. The highest BCUT2D eigenvalue weighted by Gasteiger charge is 2.53. The fourth-order valence-electron chi connectivity index (χ4n) is 3.86. The van der Waals surface area contributed by atoms with Crippen LogP contribution in [-0.2, 0) is 16.0 Å². The number of hydrogen-bond acceptors (Lipinski definition) is 4. The van der Waals surface area contributed by atoms with E-state index in [1.54, 1.807) is 0 Å². The maximum Gasteiger partial charge on any atom is 0.171 e. The van der Waals surface area contributed by atoms with Gasteiger partial charge in [-0.1, -0.05) is 0 Å². The number of ketones is 1. The van der Waals surface area contributed by atoms with Gasteiger partial charge in [-0.25, -0.2) is 0 Å². The summed E-state index contributed by atoms with van der Waals surface area (Å²) < 4.78 is 6.02. The van der Waals surface area contributed by atoms with Crippen LogP contribution in [0.1, 0.15) is 51.1 Å². The topological polar surface area (TPSA) is 29.5 Å². The van der Waals surface area contributed by atoms with Gasteiger partial charge in [0.2, 0.25) is 0 Å². The summed E-state index contributed by atoms with van der Waals surface area (Å²) in [6.07, 6.45) is 1.10. The lowest BCUT2D eigenvalue weighted by Crippen LogP contribution is -2.44. The maximum absolute atomic E-state index is 12.7. The van der Waals surface area contributed by atoms with Crippen LogP contribution in [0.2, 0.25) is 0 Å². The highest BCUT2D eigenvalue weighted by molar-refractivity contribution is 7.10. The zero-order valence-corrected chi connectivity index (χ0v) is 14.4. The number of nitrogens with zero attached hydrogens (tertiary/aromatic N) is 1. The normalized spacial score (nSPS) is 31.4. The molecule has 21 heavy (non-hydrogen) atoms. The molecule has 0 spiro atoms. The summed E-state index contributed by atoms with van der Waals surface area (Å²) in [6.45, 7) is 12.0. The molecule has 1 fully saturated rings. The largest absolute Gasteiger partial charge is 0.361 e. The van der Waals surface area contributed by atoms with Crippen LogP contribution >= 0.6 is 11.3 Å². The molecular formula is C17H25NO2S. The van der Waals surface area contributed by atoms with Crippen LogP contribution in [0, 0.1) is 5.92 Å². The minimum Gasteiger partial charge on any atom is -0.361 e. The third kappa shape index (κ3) is 2.47. The fraction of sp³-hybridized carbons (Fsp3) is 0.706. The third-order valence-corrected chi connectivity index (χ3v) is 6.08. The molecule has 0 saturated carbocycles. The molecule has 0 aliphatic carbocycles. The highest BCUT2D eigenvalue weighted by Crippen LogP contribution is 2.41. The van der Waals surface area contributed by atoms with Crippen molar-refractivity contribution < 1.29 is 9.53 Å². The van der Waals surface area contributed by atoms with Crippen LogP contribution in [-0.4, -0.2) is 35.0 Å². The first kappa shape index (κ1) is 15.2. The average molecular weight is 307 g/mol. The van der Waals surface area contributed by atoms with Gasteiger partial charge in [0.15, 0.2) is 5.78 Å². The lowest BCUT2D eigenvalue weighted by Gasteiger charge is -2.37. The van der Waals surface area contributed by atoms with E-state index in [-0.39, 0.29) is 17.3 Å². The van der Waals surface area contributed by atoms with E-state index < -0.39 is 5.60 Å². The first-order valence-electron chi connectivity index (χ1n) is 7.77. The van der Waals surface area contributed by atoms with Crippen molar-refractivity contribution in [2.75, 3.05) is 13.1 Å². The first-order valence-corrected chi connectivity index (χ1v) is 8.65. The molecule has 0 N–H and O–H groups in total. The molecule has 0 radical (unpaired) electrons. The Kier molecular flexibility index (Phi) is 3.55. The zero-order chi connectivity index (χ0) is 15.4. The van der Waals surface area contributed by atoms with Crippen LogP contribution in [0.3, 0.4) is 0 Å². The Balaban J connectivity index is 1.80. The number of ether oxygens (including phenoxy) is 1. The summed E-state index contributed by atoms with van der Waals surface area (Å²) in [5.74, 6) is 0.200. The number of carbonyl (C=O) groups is 1. The first-order chi connectivity index (χ1) is 9.72. The van der Waals surface area contributed by atoms with Crippen molar-refractivity contribution in [1.29, 1.82) is 0 Å². The third-order valence-electron chi connectivity index (χ3n) is 5.09. The van der Waals surface area contributed by atoms with Gasteiger partial charge in [0.05, 0.1) is 11.5 Å². The molecule has 0 bridgehead atoms. The average Bonchev–Trinajstić information content (AvgIpc) is 2.89. The summed E-state index contributed by atoms with van der Waals surface area (Å²) in [5, 5.41) is 2.18. The summed E-state index contributed by atoms with van der Waals surface area (Å²) in [4.78, 5) is 16.6. The Bertz CT molecular complexity index is 561. The van der Waals surface area contributed by atoms with Crippen LogP contribution in [0.4, 0.5) is 0 Å². The Labute approximate surface area is 131 Å². The van der Waals surface area contributed by atoms with Crippen molar-refractivity contribution in [2.45, 2.75) is 58.3 Å². The quantitative estimate of drug-likeness (QED) is 0.838. The van der Waals surface area contributed by atoms with Gasteiger partial charge < -0.3 is 4.74 Å². The van der Waals surface area contributed by atoms with Gasteiger partial charge in [-0.05, 0) is 58.0 Å². The van der Waals surface area contributed by atoms with Crippen molar-refractivity contribution in [2.24, 2.45) is 5.92 Å². The molecule has 2 aliphatic heterocycles. The maximum atomic E-state index is 12.7. The second kappa shape index (κ2) is 4.90. The van der Waals surface area contributed by atoms with Crippen molar-refractivity contribution in [1.82, 2.24) is 4.90 Å². The summed E-state index contributed by atoms with van der Waals surface area (Å²) in [7, 11) is 0. The second-order valence-electron chi connectivity index (χ2n) is 7.35. The Morgan fingerprint density at radius 3 is 2.71 bits per heavy atom. The predicted molar refractivity (Wildman–Crippen MR) is 85.8 cm³/mol. The van der Waals surface area contributed by atoms with E-state index >= 15 is 0 Å². The van der Waals surface area contributed by atoms with Gasteiger partial charge in [0.25, 0.3) is 0 Å². The Morgan fingerprint density at radius 2 is 2.10 bits per heavy atom. The van der Waals surface area contributed by atoms with E-state index in [9.17, 15) is 4.79 Å². The SMILES string of the molecule is CC1c2ccsc2CCN1CC1C(=O)C(C)(C)OC1(C)C. The smallest absolute Gasteiger partial charge is 0.171 e. The number of carbonyl (C=O) groups excluding carboxylic acids is 1. The molecule has 3 heterocycles. The molecule has 2 unspecified atom stereocenters. The number of fused-ring (bicyclic) bond motifs is 1. The minimum atomic E-state index is -0.652. The van der Waals surface area contributed by atoms with Gasteiger partial charge in [-0.3, -0.25) is 9.69 Å². The summed E-state index contributed by atoms with van der Waals surface area (Å²) in [5.41, 5.74) is 0.408. The Morgan fingerprint density at radius 1 is 1.38 bits per heavy atom. The fourth-order valence-corrected chi connectivity index (χ4v) is 4.83. The predicted octanol–water partition coefficient (Wildman–Crippen LogP) is 3.44. The molecule has 1 aromatic heterocycles. The lowest BCUT2D eigenvalue weighted by molar-refractivity contribution is -0.132. The van der Waals surface area contributed by atoms with Gasteiger partial charge in [-0.15, -0.1) is 11.3 Å². The number of hydrogen-bond donors (Lipinski definition) is 0. The van der Waals surface area contributed by atoms with E-state index in [0.717, 1.165) is 19.5 Å². The second-order valence-corrected chi connectivity index (χ2v) is 8.35. The van der Waals surface area contributed by atoms with Gasteiger partial charge >= 0.3 is 0 Å². The number of rotatable bonds is 2. The molecule has 1 aromatic rings. The highest BCUT2D eigenvalue weighted by atomic mass is 32.1. The number of Topliss-reactive ketones (excluding diaryl/α,β-unsaturated/α-hetero) is 1. The van der Waals surface area contributed by atoms with E-state index in [2.05, 4.69) is 37.1 Å². The molecule has 116 valence electrons. The van der Waals surface area contributed by atoms with Gasteiger partial charge in [0.1, 0.15) is 5.60 Å². The van der Waals surface area contributed by atoms with E-state index in [1.165, 1.54) is 10.4 Å².